The van der Waals surface area contributed by atoms with Crippen molar-refractivity contribution >= 4 is 32.8 Å². The van der Waals surface area contributed by atoms with Crippen LogP contribution in [0.3, 0.4) is 0 Å². The van der Waals surface area contributed by atoms with Crippen LogP contribution in [0, 0.1) is 6.33 Å². The largest absolute Gasteiger partial charge is 0.458 e. The molecule has 0 aliphatic heterocycles. The van der Waals surface area contributed by atoms with Gasteiger partial charge in [-0.05, 0) is 174 Å². The summed E-state index contributed by atoms with van der Waals surface area (Å²) in [4.78, 5) is 4.97. The van der Waals surface area contributed by atoms with Crippen molar-refractivity contribution in [1.82, 2.24) is 14.1 Å². The molecule has 3 aromatic heterocycles. The molecule has 0 amide bonds. The van der Waals surface area contributed by atoms with Crippen LogP contribution in [0.4, 0.5) is 0 Å². The van der Waals surface area contributed by atoms with Gasteiger partial charge in [-0.2, -0.15) is 0 Å². The molecule has 0 N–H and O–H groups in total. The number of fused-ring (bicyclic) bond motifs is 4. The van der Waals surface area contributed by atoms with Crippen molar-refractivity contribution in [3.63, 3.8) is 0 Å². The molecule has 14 aromatic rings. The summed E-state index contributed by atoms with van der Waals surface area (Å²) in [5, 5.41) is 2.30. The third kappa shape index (κ3) is 10.2. The normalized spacial score (nSPS) is 11.9. The van der Waals surface area contributed by atoms with Gasteiger partial charge in [-0.25, -0.2) is 4.98 Å². The van der Waals surface area contributed by atoms with Gasteiger partial charge in [0.05, 0.1) is 33.4 Å². The number of imidazole rings is 1. The molecular weight excluding hydrogens is 1030 g/mol. The highest BCUT2D eigenvalue weighted by molar-refractivity contribution is 6.09. The Morgan fingerprint density at radius 2 is 0.847 bits per heavy atom. The SMILES string of the molecule is CC(C)(C)c1cc(Oc2ccc3c4ccccc4n(-c4cc(C(C)(C)C)ccn4)c3c2)cc(-n2[c-][n+](-c3c(-c4cc(-c5ccccc5)cc(-c5ccccc5)c4)cccc3-c3cc(-c4ccccc4)cc(-c4ccccc4)c3)c3ccccc32)c1. The maximum absolute atomic E-state index is 7.13. The Bertz CT molecular complexity index is 4530. The van der Waals surface area contributed by atoms with Crippen molar-refractivity contribution in [2.75, 3.05) is 0 Å². The average molecular weight is 1100 g/mol. The Morgan fingerprint density at radius 1 is 0.365 bits per heavy atom. The third-order valence-corrected chi connectivity index (χ3v) is 16.5. The molecule has 0 atom stereocenters. The van der Waals surface area contributed by atoms with Gasteiger partial charge in [0.1, 0.15) is 17.3 Å². The fourth-order valence-electron chi connectivity index (χ4n) is 12.0. The number of hydrogen-bond acceptors (Lipinski definition) is 2. The molecule has 410 valence electrons. The second-order valence-electron chi connectivity index (χ2n) is 24.3. The first-order chi connectivity index (χ1) is 41.4. The van der Waals surface area contributed by atoms with E-state index in [-0.39, 0.29) is 10.8 Å². The van der Waals surface area contributed by atoms with E-state index in [9.17, 15) is 0 Å². The van der Waals surface area contributed by atoms with E-state index in [1.54, 1.807) is 0 Å². The number of rotatable bonds is 11. The number of hydrogen-bond donors (Lipinski definition) is 0. The molecule has 0 fully saturated rings. The van der Waals surface area contributed by atoms with Gasteiger partial charge in [-0.15, -0.1) is 0 Å². The van der Waals surface area contributed by atoms with Crippen molar-refractivity contribution in [1.29, 1.82) is 0 Å². The van der Waals surface area contributed by atoms with Gasteiger partial charge in [0.25, 0.3) is 6.33 Å². The maximum atomic E-state index is 7.13. The zero-order valence-corrected chi connectivity index (χ0v) is 48.8. The predicted molar refractivity (Wildman–Crippen MR) is 352 cm³/mol. The second kappa shape index (κ2) is 21.4. The first-order valence-electron chi connectivity index (χ1n) is 29.3. The Labute approximate surface area is 498 Å². The van der Waals surface area contributed by atoms with E-state index in [4.69, 9.17) is 9.72 Å². The maximum Gasteiger partial charge on any atom is 0.269 e. The minimum Gasteiger partial charge on any atom is -0.458 e. The van der Waals surface area contributed by atoms with Crippen LogP contribution < -0.4 is 9.30 Å². The van der Waals surface area contributed by atoms with Crippen molar-refractivity contribution in [2.45, 2.75) is 52.4 Å². The van der Waals surface area contributed by atoms with Gasteiger partial charge in [-0.1, -0.05) is 224 Å². The number of nitrogens with zero attached hydrogens (tertiary/aromatic N) is 4. The van der Waals surface area contributed by atoms with Crippen molar-refractivity contribution in [3.8, 4) is 95.5 Å². The van der Waals surface area contributed by atoms with Crippen LogP contribution >= 0.6 is 0 Å². The number of ether oxygens (including phenoxy) is 1. The van der Waals surface area contributed by atoms with Gasteiger partial charge in [0, 0.05) is 23.0 Å². The van der Waals surface area contributed by atoms with Crippen LogP contribution in [0.5, 0.6) is 11.5 Å². The Morgan fingerprint density at radius 3 is 1.39 bits per heavy atom. The molecule has 3 heterocycles. The number of pyridine rings is 1. The monoisotopic (exact) mass is 1100 g/mol. The average Bonchev–Trinajstić information content (AvgIpc) is 1.96. The number of benzene rings is 11. The van der Waals surface area contributed by atoms with Gasteiger partial charge in [0.15, 0.2) is 0 Å². The van der Waals surface area contributed by atoms with Gasteiger partial charge >= 0.3 is 0 Å². The van der Waals surface area contributed by atoms with Crippen LogP contribution in [-0.2, 0) is 10.8 Å². The van der Waals surface area contributed by atoms with E-state index < -0.39 is 0 Å². The summed E-state index contributed by atoms with van der Waals surface area (Å²) in [6.45, 7) is 13.5. The molecule has 0 aliphatic rings. The van der Waals surface area contributed by atoms with E-state index in [2.05, 4.69) is 335 Å². The second-order valence-corrected chi connectivity index (χ2v) is 24.3. The fourth-order valence-corrected chi connectivity index (χ4v) is 12.0. The summed E-state index contributed by atoms with van der Waals surface area (Å²) in [6, 6.07) is 98.5. The lowest BCUT2D eigenvalue weighted by molar-refractivity contribution is -0.571. The summed E-state index contributed by atoms with van der Waals surface area (Å²) >= 11 is 0. The molecule has 11 aromatic carbocycles. The molecule has 0 spiro atoms. The predicted octanol–water partition coefficient (Wildman–Crippen LogP) is 20.6. The molecule has 5 heteroatoms. The fraction of sp³-hybridized carbons (Fsp3) is 0.100. The molecule has 0 aliphatic carbocycles. The van der Waals surface area contributed by atoms with E-state index in [0.717, 1.165) is 134 Å². The summed E-state index contributed by atoms with van der Waals surface area (Å²) < 4.78 is 13.9. The zero-order valence-electron chi connectivity index (χ0n) is 48.8. The highest BCUT2D eigenvalue weighted by Gasteiger charge is 2.25. The Balaban J connectivity index is 0.983. The van der Waals surface area contributed by atoms with Crippen LogP contribution in [0.1, 0.15) is 52.7 Å². The van der Waals surface area contributed by atoms with Crippen LogP contribution in [0.15, 0.2) is 279 Å². The van der Waals surface area contributed by atoms with Crippen LogP contribution in [-0.4, -0.2) is 14.1 Å². The lowest BCUT2D eigenvalue weighted by atomic mass is 9.86. The molecule has 14 rings (SSSR count). The summed E-state index contributed by atoms with van der Waals surface area (Å²) in [5.41, 5.74) is 21.7. The summed E-state index contributed by atoms with van der Waals surface area (Å²) in [6.07, 6.45) is 5.97. The molecule has 0 radical (unpaired) electrons. The van der Waals surface area contributed by atoms with Crippen molar-refractivity contribution < 1.29 is 9.30 Å². The highest BCUT2D eigenvalue weighted by Crippen LogP contribution is 2.43. The molecule has 5 nitrogen and oxygen atoms in total. The minimum absolute atomic E-state index is 0.0456. The van der Waals surface area contributed by atoms with Crippen LogP contribution in [0.2, 0.25) is 0 Å². The van der Waals surface area contributed by atoms with Gasteiger partial charge in [0.2, 0.25) is 0 Å². The number of aromatic nitrogens is 4. The minimum atomic E-state index is -0.229. The lowest BCUT2D eigenvalue weighted by Gasteiger charge is -2.22. The summed E-state index contributed by atoms with van der Waals surface area (Å²) in [7, 11) is 0. The molecule has 85 heavy (non-hydrogen) atoms. The van der Waals surface area contributed by atoms with E-state index >= 15 is 0 Å². The lowest BCUT2D eigenvalue weighted by Crippen LogP contribution is -2.31. The highest BCUT2D eigenvalue weighted by atomic mass is 16.5. The standard InChI is InChI=1S/C80H64N4O/c1-79(2,3)64-40-41-81-77(50-64)84-73-35-20-19-32-71(73)72-39-38-67(52-76(72)84)85-68-49-65(80(4,5)6)48-66(51-68)82-53-83(75-37-22-21-36-74(75)82)78-69(62-44-58(54-24-11-7-12-25-54)42-59(45-62)55-26-13-8-14-27-55)33-23-34-70(78)63-46-60(56-28-15-9-16-29-56)43-61(47-63)57-30-17-10-18-31-57/h7-52H,1-6H3. The summed E-state index contributed by atoms with van der Waals surface area (Å²) in [5.74, 6) is 2.34. The van der Waals surface area contributed by atoms with Gasteiger partial charge < -0.3 is 4.74 Å². The smallest absolute Gasteiger partial charge is 0.269 e. The van der Waals surface area contributed by atoms with Gasteiger partial charge in [-0.3, -0.25) is 13.7 Å². The first kappa shape index (κ1) is 52.7. The topological polar surface area (TPSA) is 35.9 Å². The zero-order chi connectivity index (χ0) is 57.8. The molecule has 0 saturated heterocycles. The Kier molecular flexibility index (Phi) is 13.3. The Hall–Kier alpha value is -10.4. The quantitative estimate of drug-likeness (QED) is 0.0956. The van der Waals surface area contributed by atoms with Crippen molar-refractivity contribution in [3.05, 3.63) is 297 Å². The molecule has 0 bridgehead atoms. The van der Waals surface area contributed by atoms with E-state index in [1.165, 1.54) is 5.56 Å². The van der Waals surface area contributed by atoms with Crippen LogP contribution in [0.25, 0.3) is 117 Å². The number of para-hydroxylation sites is 4. The van der Waals surface area contributed by atoms with E-state index in [1.807, 2.05) is 6.20 Å². The molecular formula is C80H64N4O. The van der Waals surface area contributed by atoms with E-state index in [0.29, 0.717) is 0 Å². The first-order valence-corrected chi connectivity index (χ1v) is 29.3. The van der Waals surface area contributed by atoms with Crippen molar-refractivity contribution in [2.24, 2.45) is 0 Å². The molecule has 0 saturated carbocycles. The molecule has 0 unspecified atom stereocenters. The third-order valence-electron chi connectivity index (χ3n) is 16.5.